The second-order valence-electron chi connectivity index (χ2n) is 7.68. The normalized spacial score (nSPS) is 15.0. The molecule has 1 heterocycles. The molecule has 1 aliphatic rings. The zero-order chi connectivity index (χ0) is 23.7. The van der Waals surface area contributed by atoms with E-state index in [1.807, 2.05) is 0 Å². The number of H-pyrrole nitrogens is 1. The Morgan fingerprint density at radius 2 is 1.94 bits per heavy atom. The summed E-state index contributed by atoms with van der Waals surface area (Å²) in [6, 6.07) is 5.89. The number of nitrogens with one attached hydrogen (secondary N) is 2. The molecule has 0 fully saturated rings. The van der Waals surface area contributed by atoms with E-state index >= 15 is 0 Å². The number of methoxy groups -OCH3 is 2. The van der Waals surface area contributed by atoms with E-state index in [1.54, 1.807) is 26.4 Å². The minimum absolute atomic E-state index is 0.0166. The maximum Gasteiger partial charge on any atom is 0.247 e. The van der Waals surface area contributed by atoms with Crippen LogP contribution in [0.1, 0.15) is 29.2 Å². The van der Waals surface area contributed by atoms with Crippen molar-refractivity contribution >= 4 is 34.8 Å². The van der Waals surface area contributed by atoms with Gasteiger partial charge in [-0.3, -0.25) is 9.89 Å². The first kappa shape index (κ1) is 23.1. The summed E-state index contributed by atoms with van der Waals surface area (Å²) in [5, 5.41) is 11.2. The van der Waals surface area contributed by atoms with Gasteiger partial charge in [-0.25, -0.2) is 4.39 Å². The Hall–Kier alpha value is -3.03. The van der Waals surface area contributed by atoms with Gasteiger partial charge in [-0.15, -0.1) is 0 Å². The number of ether oxygens (including phenoxy) is 2. The number of aromatic nitrogens is 2. The fourth-order valence-electron chi connectivity index (χ4n) is 4.25. The lowest BCUT2D eigenvalue weighted by atomic mass is 9.81. The maximum atomic E-state index is 13.9. The summed E-state index contributed by atoms with van der Waals surface area (Å²) in [6.07, 6.45) is 3.19. The van der Waals surface area contributed by atoms with Crippen molar-refractivity contribution in [2.75, 3.05) is 19.5 Å². The molecule has 33 heavy (non-hydrogen) atoms. The minimum atomic E-state index is -0.459. The predicted molar refractivity (Wildman–Crippen MR) is 127 cm³/mol. The highest BCUT2D eigenvalue weighted by atomic mass is 35.5. The van der Waals surface area contributed by atoms with E-state index in [4.69, 9.17) is 32.7 Å². The fourth-order valence-corrected chi connectivity index (χ4v) is 5.06. The van der Waals surface area contributed by atoms with Crippen molar-refractivity contribution in [1.29, 1.82) is 0 Å². The van der Waals surface area contributed by atoms with Crippen LogP contribution in [-0.4, -0.2) is 30.3 Å². The number of halogens is 3. The molecule has 1 aliphatic carbocycles. The first-order valence-electron chi connectivity index (χ1n) is 10.3. The molecule has 4 rings (SSSR count). The molecule has 9 heteroatoms. The Morgan fingerprint density at radius 3 is 2.58 bits per heavy atom. The van der Waals surface area contributed by atoms with E-state index in [9.17, 15) is 9.18 Å². The van der Waals surface area contributed by atoms with Crippen LogP contribution in [0, 0.1) is 5.82 Å². The Bertz CT molecular complexity index is 1210. The molecule has 1 unspecified atom stereocenters. The van der Waals surface area contributed by atoms with Crippen LogP contribution < -0.4 is 14.8 Å². The quantitative estimate of drug-likeness (QED) is 0.420. The van der Waals surface area contributed by atoms with Crippen LogP contribution in [0.2, 0.25) is 10.0 Å². The fraction of sp³-hybridized carbons (Fsp3) is 0.250. The smallest absolute Gasteiger partial charge is 0.247 e. The van der Waals surface area contributed by atoms with Crippen LogP contribution in [0.4, 0.5) is 10.1 Å². The van der Waals surface area contributed by atoms with Crippen LogP contribution in [0.5, 0.6) is 11.5 Å². The van der Waals surface area contributed by atoms with Gasteiger partial charge in [-0.2, -0.15) is 5.10 Å². The van der Waals surface area contributed by atoms with Gasteiger partial charge in [-0.05, 0) is 49.5 Å². The summed E-state index contributed by atoms with van der Waals surface area (Å²) in [5.41, 5.74) is 4.34. The predicted octanol–water partition coefficient (Wildman–Crippen LogP) is 5.94. The number of nitrogens with zero attached hydrogens (tertiary/aromatic N) is 1. The van der Waals surface area contributed by atoms with Gasteiger partial charge in [0, 0.05) is 28.5 Å². The summed E-state index contributed by atoms with van der Waals surface area (Å²) in [4.78, 5) is 11.8. The van der Waals surface area contributed by atoms with Crippen molar-refractivity contribution in [3.63, 3.8) is 0 Å². The Labute approximate surface area is 200 Å². The second kappa shape index (κ2) is 9.45. The number of hydrogen-bond acceptors (Lipinski definition) is 4. The zero-order valence-electron chi connectivity index (χ0n) is 18.1. The third-order valence-corrected chi connectivity index (χ3v) is 6.62. The number of carbonyl (C=O) groups is 1. The molecule has 2 N–H and O–H groups in total. The van der Waals surface area contributed by atoms with E-state index in [0.717, 1.165) is 29.3 Å². The molecule has 0 aliphatic heterocycles. The summed E-state index contributed by atoms with van der Waals surface area (Å²) >= 11 is 13.3. The largest absolute Gasteiger partial charge is 0.495 e. The van der Waals surface area contributed by atoms with Crippen molar-refractivity contribution < 1.29 is 18.7 Å². The van der Waals surface area contributed by atoms with E-state index in [-0.39, 0.29) is 5.92 Å². The Morgan fingerprint density at radius 1 is 1.24 bits per heavy atom. The van der Waals surface area contributed by atoms with E-state index in [2.05, 4.69) is 22.1 Å². The third-order valence-electron chi connectivity index (χ3n) is 5.84. The summed E-state index contributed by atoms with van der Waals surface area (Å²) in [5.74, 6) is 0.125. The van der Waals surface area contributed by atoms with Crippen molar-refractivity contribution in [2.24, 2.45) is 0 Å². The molecular formula is C24H22Cl2FN3O3. The SMILES string of the molecule is C=CC(=O)Nc1cc(F)ccc1-c1n[nH]c2c1CCC(c1c(Cl)c(OC)cc(OC)c1Cl)C2. The first-order chi connectivity index (χ1) is 15.9. The lowest BCUT2D eigenvalue weighted by Crippen LogP contribution is -2.14. The lowest BCUT2D eigenvalue weighted by molar-refractivity contribution is -0.111. The van der Waals surface area contributed by atoms with Gasteiger partial charge in [0.1, 0.15) is 17.3 Å². The zero-order valence-corrected chi connectivity index (χ0v) is 19.6. The van der Waals surface area contributed by atoms with Crippen LogP contribution in [0.3, 0.4) is 0 Å². The van der Waals surface area contributed by atoms with Crippen molar-refractivity contribution in [3.05, 3.63) is 69.6 Å². The van der Waals surface area contributed by atoms with Crippen molar-refractivity contribution in [1.82, 2.24) is 10.2 Å². The number of rotatable bonds is 6. The number of fused-ring (bicyclic) bond motifs is 1. The molecule has 0 saturated carbocycles. The molecule has 1 aromatic heterocycles. The van der Waals surface area contributed by atoms with Crippen molar-refractivity contribution in [3.8, 4) is 22.8 Å². The monoisotopic (exact) mass is 489 g/mol. The topological polar surface area (TPSA) is 76.2 Å². The lowest BCUT2D eigenvalue weighted by Gasteiger charge is -2.26. The number of carbonyl (C=O) groups excluding carboxylic acids is 1. The van der Waals surface area contributed by atoms with E-state index < -0.39 is 11.7 Å². The first-order valence-corrected chi connectivity index (χ1v) is 11.0. The molecule has 3 aromatic rings. The van der Waals surface area contributed by atoms with Crippen LogP contribution in [0.15, 0.2) is 36.9 Å². The molecular weight excluding hydrogens is 468 g/mol. The molecule has 1 amide bonds. The summed E-state index contributed by atoms with van der Waals surface area (Å²) in [7, 11) is 3.09. The van der Waals surface area contributed by atoms with Crippen LogP contribution in [-0.2, 0) is 17.6 Å². The standard InChI is InChI=1S/C24H22Cl2FN3O3/c1-4-20(31)28-16-10-13(27)6-8-14(16)24-15-7-5-12(9-17(15)29-30-24)21-22(25)18(32-2)11-19(33-3)23(21)26/h4,6,8,10-12H,1,5,7,9H2,2-3H3,(H,28,31)(H,29,30). The molecule has 0 radical (unpaired) electrons. The van der Waals surface area contributed by atoms with E-state index in [0.29, 0.717) is 51.3 Å². The van der Waals surface area contributed by atoms with Gasteiger partial charge < -0.3 is 14.8 Å². The second-order valence-corrected chi connectivity index (χ2v) is 8.43. The average molecular weight is 490 g/mol. The Kier molecular flexibility index (Phi) is 6.63. The summed E-state index contributed by atoms with van der Waals surface area (Å²) < 4.78 is 24.7. The average Bonchev–Trinajstić information content (AvgIpc) is 3.22. The Balaban J connectivity index is 1.71. The van der Waals surface area contributed by atoms with Crippen molar-refractivity contribution in [2.45, 2.75) is 25.2 Å². The number of benzene rings is 2. The van der Waals surface area contributed by atoms with Gasteiger partial charge in [-0.1, -0.05) is 29.8 Å². The molecule has 1 atom stereocenters. The van der Waals surface area contributed by atoms with Gasteiger partial charge in [0.15, 0.2) is 0 Å². The summed E-state index contributed by atoms with van der Waals surface area (Å²) in [6.45, 7) is 3.45. The highest BCUT2D eigenvalue weighted by molar-refractivity contribution is 6.38. The molecule has 0 saturated heterocycles. The highest BCUT2D eigenvalue weighted by Gasteiger charge is 2.31. The molecule has 172 valence electrons. The molecule has 6 nitrogen and oxygen atoms in total. The molecule has 2 aromatic carbocycles. The minimum Gasteiger partial charge on any atom is -0.495 e. The number of amides is 1. The van der Waals surface area contributed by atoms with Gasteiger partial charge in [0.2, 0.25) is 5.91 Å². The molecule has 0 bridgehead atoms. The van der Waals surface area contributed by atoms with Gasteiger partial charge in [0.25, 0.3) is 0 Å². The third kappa shape index (κ3) is 4.30. The number of anilines is 1. The van der Waals surface area contributed by atoms with E-state index in [1.165, 1.54) is 12.1 Å². The number of hydrogen-bond donors (Lipinski definition) is 2. The maximum absolute atomic E-state index is 13.9. The molecule has 0 spiro atoms. The van der Waals surface area contributed by atoms with Gasteiger partial charge in [0.05, 0.1) is 35.6 Å². The number of aromatic amines is 1. The highest BCUT2D eigenvalue weighted by Crippen LogP contribution is 2.48. The van der Waals surface area contributed by atoms with Crippen LogP contribution in [0.25, 0.3) is 11.3 Å². The van der Waals surface area contributed by atoms with Crippen LogP contribution >= 0.6 is 23.2 Å². The van der Waals surface area contributed by atoms with Gasteiger partial charge >= 0.3 is 0 Å².